The standard InChI is InChI=1S/C13H15N3O5/c1-15-5-4-9(7-15)12(17)14-10-3-2-8(13(18)19)6-11(10)16(20)21/h2-3,6,9H,4-5,7H2,1H3,(H,14,17)(H,18,19). The minimum absolute atomic E-state index is 0.0181. The van der Waals surface area contributed by atoms with Gasteiger partial charge in [-0.15, -0.1) is 0 Å². The Balaban J connectivity index is 2.21. The van der Waals surface area contributed by atoms with Crippen LogP contribution in [0.1, 0.15) is 16.8 Å². The summed E-state index contributed by atoms with van der Waals surface area (Å²) in [5.74, 6) is -1.76. The monoisotopic (exact) mass is 293 g/mol. The molecule has 0 spiro atoms. The molecule has 0 aliphatic carbocycles. The highest BCUT2D eigenvalue weighted by Gasteiger charge is 2.28. The van der Waals surface area contributed by atoms with E-state index in [9.17, 15) is 19.7 Å². The molecular formula is C13H15N3O5. The molecule has 1 aromatic rings. The molecule has 0 radical (unpaired) electrons. The van der Waals surface area contributed by atoms with Gasteiger partial charge in [0.15, 0.2) is 0 Å². The number of carboxylic acids is 1. The largest absolute Gasteiger partial charge is 0.478 e. The van der Waals surface area contributed by atoms with Gasteiger partial charge >= 0.3 is 5.97 Å². The number of rotatable bonds is 4. The summed E-state index contributed by atoms with van der Waals surface area (Å²) in [6, 6.07) is 3.42. The molecule has 8 heteroatoms. The molecule has 1 heterocycles. The second kappa shape index (κ2) is 5.88. The molecular weight excluding hydrogens is 278 g/mol. The molecule has 1 atom stereocenters. The molecule has 1 unspecified atom stereocenters. The summed E-state index contributed by atoms with van der Waals surface area (Å²) in [7, 11) is 1.90. The maximum atomic E-state index is 12.1. The predicted molar refractivity (Wildman–Crippen MR) is 74.3 cm³/mol. The summed E-state index contributed by atoms with van der Waals surface area (Å²) < 4.78 is 0. The maximum Gasteiger partial charge on any atom is 0.335 e. The van der Waals surface area contributed by atoms with Crippen LogP contribution in [0.25, 0.3) is 0 Å². The molecule has 2 rings (SSSR count). The van der Waals surface area contributed by atoms with Gasteiger partial charge in [-0.1, -0.05) is 0 Å². The Hall–Kier alpha value is -2.48. The van der Waals surface area contributed by atoms with E-state index in [1.807, 2.05) is 11.9 Å². The lowest BCUT2D eigenvalue weighted by atomic mass is 10.1. The fraction of sp³-hybridized carbons (Fsp3) is 0.385. The Bertz CT molecular complexity index is 601. The quantitative estimate of drug-likeness (QED) is 0.636. The van der Waals surface area contributed by atoms with Crippen LogP contribution in [0.15, 0.2) is 18.2 Å². The number of carboxylic acid groups (broad SMARTS) is 1. The maximum absolute atomic E-state index is 12.1. The van der Waals surface area contributed by atoms with E-state index in [0.717, 1.165) is 12.6 Å². The van der Waals surface area contributed by atoms with Crippen molar-refractivity contribution in [2.75, 3.05) is 25.5 Å². The van der Waals surface area contributed by atoms with Crippen molar-refractivity contribution < 1.29 is 19.6 Å². The number of aromatic carboxylic acids is 1. The van der Waals surface area contributed by atoms with Crippen LogP contribution >= 0.6 is 0 Å². The number of anilines is 1. The number of nitro groups is 1. The molecule has 1 fully saturated rings. The number of benzene rings is 1. The Labute approximate surface area is 120 Å². The van der Waals surface area contributed by atoms with Crippen molar-refractivity contribution in [1.82, 2.24) is 4.90 Å². The molecule has 0 bridgehead atoms. The number of hydrogen-bond acceptors (Lipinski definition) is 5. The lowest BCUT2D eigenvalue weighted by molar-refractivity contribution is -0.384. The zero-order valence-corrected chi connectivity index (χ0v) is 11.4. The third-order valence-electron chi connectivity index (χ3n) is 3.46. The Morgan fingerprint density at radius 3 is 2.71 bits per heavy atom. The van der Waals surface area contributed by atoms with E-state index in [2.05, 4.69) is 5.32 Å². The van der Waals surface area contributed by atoms with Crippen LogP contribution < -0.4 is 5.32 Å². The number of hydrogen-bond donors (Lipinski definition) is 2. The first-order chi connectivity index (χ1) is 9.88. The van der Waals surface area contributed by atoms with Gasteiger partial charge in [0, 0.05) is 12.6 Å². The smallest absolute Gasteiger partial charge is 0.335 e. The molecule has 1 aliphatic rings. The molecule has 1 aliphatic heterocycles. The number of nitro benzene ring substituents is 1. The van der Waals surface area contributed by atoms with Crippen molar-refractivity contribution in [3.8, 4) is 0 Å². The minimum Gasteiger partial charge on any atom is -0.478 e. The van der Waals surface area contributed by atoms with Gasteiger partial charge in [0.2, 0.25) is 5.91 Å². The Morgan fingerprint density at radius 1 is 1.48 bits per heavy atom. The highest BCUT2D eigenvalue weighted by Crippen LogP contribution is 2.27. The van der Waals surface area contributed by atoms with Crippen molar-refractivity contribution in [3.63, 3.8) is 0 Å². The lowest BCUT2D eigenvalue weighted by Gasteiger charge is -2.11. The number of nitrogens with one attached hydrogen (secondary N) is 1. The van der Waals surface area contributed by atoms with Crippen molar-refractivity contribution in [2.24, 2.45) is 5.92 Å². The van der Waals surface area contributed by atoms with E-state index in [1.165, 1.54) is 12.1 Å². The summed E-state index contributed by atoms with van der Waals surface area (Å²) in [6.45, 7) is 1.41. The SMILES string of the molecule is CN1CCC(C(=O)Nc2ccc(C(=O)O)cc2[N+](=O)[O-])C1. The van der Waals surface area contributed by atoms with Crippen LogP contribution in [0.2, 0.25) is 0 Å². The van der Waals surface area contributed by atoms with E-state index >= 15 is 0 Å². The number of likely N-dealkylation sites (tertiary alicyclic amines) is 1. The van der Waals surface area contributed by atoms with E-state index in [4.69, 9.17) is 5.11 Å². The second-order valence-electron chi connectivity index (χ2n) is 5.03. The second-order valence-corrected chi connectivity index (χ2v) is 5.03. The number of amides is 1. The molecule has 21 heavy (non-hydrogen) atoms. The van der Waals surface area contributed by atoms with Crippen LogP contribution in [-0.4, -0.2) is 46.9 Å². The first-order valence-corrected chi connectivity index (χ1v) is 6.39. The zero-order chi connectivity index (χ0) is 15.6. The molecule has 0 saturated carbocycles. The van der Waals surface area contributed by atoms with Crippen LogP contribution in [-0.2, 0) is 4.79 Å². The van der Waals surface area contributed by atoms with Crippen molar-refractivity contribution in [1.29, 1.82) is 0 Å². The molecule has 2 N–H and O–H groups in total. The topological polar surface area (TPSA) is 113 Å². The van der Waals surface area contributed by atoms with E-state index in [0.29, 0.717) is 13.0 Å². The highest BCUT2D eigenvalue weighted by atomic mass is 16.6. The number of carbonyl (C=O) groups excluding carboxylic acids is 1. The van der Waals surface area contributed by atoms with E-state index in [-0.39, 0.29) is 23.1 Å². The van der Waals surface area contributed by atoms with E-state index in [1.54, 1.807) is 0 Å². The van der Waals surface area contributed by atoms with Gasteiger partial charge in [-0.2, -0.15) is 0 Å². The molecule has 0 aromatic heterocycles. The third kappa shape index (κ3) is 3.34. The molecule has 1 amide bonds. The van der Waals surface area contributed by atoms with Gasteiger partial charge in [0.25, 0.3) is 5.69 Å². The summed E-state index contributed by atoms with van der Waals surface area (Å²) in [5, 5.41) is 22.4. The highest BCUT2D eigenvalue weighted by molar-refractivity contribution is 5.96. The molecule has 1 aromatic carbocycles. The molecule has 8 nitrogen and oxygen atoms in total. The third-order valence-corrected chi connectivity index (χ3v) is 3.46. The predicted octanol–water partition coefficient (Wildman–Crippen LogP) is 1.18. The van der Waals surface area contributed by atoms with Gasteiger partial charge in [0.1, 0.15) is 5.69 Å². The zero-order valence-electron chi connectivity index (χ0n) is 11.4. The fourth-order valence-corrected chi connectivity index (χ4v) is 2.31. The van der Waals surface area contributed by atoms with Crippen LogP contribution in [0.5, 0.6) is 0 Å². The average Bonchev–Trinajstić information content (AvgIpc) is 2.85. The summed E-state index contributed by atoms with van der Waals surface area (Å²) in [6.07, 6.45) is 0.698. The van der Waals surface area contributed by atoms with Gasteiger partial charge in [-0.05, 0) is 32.1 Å². The normalized spacial score (nSPS) is 18.4. The van der Waals surface area contributed by atoms with Crippen LogP contribution in [0.3, 0.4) is 0 Å². The summed E-state index contributed by atoms with van der Waals surface area (Å²) in [5.41, 5.74) is -0.598. The Morgan fingerprint density at radius 2 is 2.19 bits per heavy atom. The van der Waals surface area contributed by atoms with Crippen molar-refractivity contribution in [3.05, 3.63) is 33.9 Å². The van der Waals surface area contributed by atoms with Gasteiger partial charge in [-0.3, -0.25) is 14.9 Å². The van der Waals surface area contributed by atoms with Crippen LogP contribution in [0, 0.1) is 16.0 Å². The number of carbonyl (C=O) groups is 2. The number of nitrogens with zero attached hydrogens (tertiary/aromatic N) is 2. The van der Waals surface area contributed by atoms with Gasteiger partial charge in [0.05, 0.1) is 16.4 Å². The average molecular weight is 293 g/mol. The van der Waals surface area contributed by atoms with Gasteiger partial charge in [-0.25, -0.2) is 4.79 Å². The van der Waals surface area contributed by atoms with Crippen molar-refractivity contribution in [2.45, 2.75) is 6.42 Å². The first-order valence-electron chi connectivity index (χ1n) is 6.39. The first kappa shape index (κ1) is 14.9. The van der Waals surface area contributed by atoms with E-state index < -0.39 is 16.6 Å². The van der Waals surface area contributed by atoms with Crippen molar-refractivity contribution >= 4 is 23.3 Å². The molecule has 1 saturated heterocycles. The lowest BCUT2D eigenvalue weighted by Crippen LogP contribution is -2.25. The molecule has 112 valence electrons. The summed E-state index contributed by atoms with van der Waals surface area (Å²) in [4.78, 5) is 35.2. The van der Waals surface area contributed by atoms with Crippen LogP contribution in [0.4, 0.5) is 11.4 Å². The Kier molecular flexibility index (Phi) is 4.18. The summed E-state index contributed by atoms with van der Waals surface area (Å²) >= 11 is 0. The fourth-order valence-electron chi connectivity index (χ4n) is 2.31. The minimum atomic E-state index is -1.26. The van der Waals surface area contributed by atoms with Gasteiger partial charge < -0.3 is 15.3 Å².